The van der Waals surface area contributed by atoms with Crippen molar-refractivity contribution >= 4 is 5.91 Å². The van der Waals surface area contributed by atoms with Gasteiger partial charge in [0, 0.05) is 20.2 Å². The highest BCUT2D eigenvalue weighted by molar-refractivity contribution is 5.78. The van der Waals surface area contributed by atoms with Gasteiger partial charge in [0.15, 0.2) is 0 Å². The van der Waals surface area contributed by atoms with Crippen molar-refractivity contribution in [3.63, 3.8) is 0 Å². The van der Waals surface area contributed by atoms with E-state index in [2.05, 4.69) is 13.8 Å². The van der Waals surface area contributed by atoms with Crippen LogP contribution in [0, 0.1) is 11.8 Å². The van der Waals surface area contributed by atoms with Crippen molar-refractivity contribution in [3.8, 4) is 0 Å². The normalized spacial score (nSPS) is 13.0. The molecule has 84 valence electrons. The molecular formula is C11H23NO2. The molecule has 0 heterocycles. The van der Waals surface area contributed by atoms with Gasteiger partial charge in [0.25, 0.3) is 0 Å². The fraction of sp³-hybridized carbons (Fsp3) is 0.909. The van der Waals surface area contributed by atoms with Crippen LogP contribution in [-0.2, 0) is 9.53 Å². The Morgan fingerprint density at radius 2 is 1.86 bits per heavy atom. The summed E-state index contributed by atoms with van der Waals surface area (Å²) in [5.41, 5.74) is 0. The van der Waals surface area contributed by atoms with Crippen molar-refractivity contribution in [2.75, 3.05) is 26.8 Å². The number of nitrogens with zero attached hydrogens (tertiary/aromatic N) is 1. The van der Waals surface area contributed by atoms with E-state index in [1.54, 1.807) is 4.90 Å². The summed E-state index contributed by atoms with van der Waals surface area (Å²) < 4.78 is 5.43. The molecule has 0 aliphatic rings. The van der Waals surface area contributed by atoms with E-state index in [0.717, 1.165) is 13.2 Å². The van der Waals surface area contributed by atoms with E-state index in [1.165, 1.54) is 0 Å². The summed E-state index contributed by atoms with van der Waals surface area (Å²) in [6.45, 7) is 10.1. The molecule has 0 aromatic heterocycles. The van der Waals surface area contributed by atoms with Gasteiger partial charge in [-0.3, -0.25) is 4.79 Å². The van der Waals surface area contributed by atoms with E-state index in [1.807, 2.05) is 20.9 Å². The molecule has 0 radical (unpaired) electrons. The molecule has 3 nitrogen and oxygen atoms in total. The second-order valence-corrected chi connectivity index (χ2v) is 4.18. The lowest BCUT2D eigenvalue weighted by Gasteiger charge is -2.19. The SMILES string of the molecule is CCN(C)C(=O)C(C)COCC(C)C. The van der Waals surface area contributed by atoms with E-state index in [-0.39, 0.29) is 11.8 Å². The fourth-order valence-corrected chi connectivity index (χ4v) is 1.08. The predicted octanol–water partition coefficient (Wildman–Crippen LogP) is 1.77. The molecule has 14 heavy (non-hydrogen) atoms. The predicted molar refractivity (Wildman–Crippen MR) is 58.1 cm³/mol. The first-order valence-electron chi connectivity index (χ1n) is 5.31. The summed E-state index contributed by atoms with van der Waals surface area (Å²) in [4.78, 5) is 13.3. The molecular weight excluding hydrogens is 178 g/mol. The second kappa shape index (κ2) is 6.82. The van der Waals surface area contributed by atoms with Crippen LogP contribution in [0.4, 0.5) is 0 Å². The maximum absolute atomic E-state index is 11.6. The summed E-state index contributed by atoms with van der Waals surface area (Å²) in [6, 6.07) is 0. The van der Waals surface area contributed by atoms with Crippen molar-refractivity contribution in [3.05, 3.63) is 0 Å². The highest BCUT2D eigenvalue weighted by Gasteiger charge is 2.16. The maximum Gasteiger partial charge on any atom is 0.227 e. The van der Waals surface area contributed by atoms with Crippen molar-refractivity contribution in [1.29, 1.82) is 0 Å². The number of carbonyl (C=O) groups is 1. The van der Waals surface area contributed by atoms with E-state index in [0.29, 0.717) is 12.5 Å². The Bertz CT molecular complexity index is 169. The molecule has 3 heteroatoms. The Labute approximate surface area is 87.4 Å². The zero-order valence-electron chi connectivity index (χ0n) is 10.0. The number of carbonyl (C=O) groups excluding carboxylic acids is 1. The minimum Gasteiger partial charge on any atom is -0.380 e. The molecule has 1 amide bonds. The molecule has 0 N–H and O–H groups in total. The van der Waals surface area contributed by atoms with E-state index >= 15 is 0 Å². The molecule has 0 saturated carbocycles. The number of hydrogen-bond donors (Lipinski definition) is 0. The van der Waals surface area contributed by atoms with Gasteiger partial charge < -0.3 is 9.64 Å². The van der Waals surface area contributed by atoms with Gasteiger partial charge >= 0.3 is 0 Å². The Morgan fingerprint density at radius 3 is 2.29 bits per heavy atom. The lowest BCUT2D eigenvalue weighted by molar-refractivity contribution is -0.135. The van der Waals surface area contributed by atoms with Gasteiger partial charge in [-0.25, -0.2) is 0 Å². The summed E-state index contributed by atoms with van der Waals surface area (Å²) >= 11 is 0. The summed E-state index contributed by atoms with van der Waals surface area (Å²) in [6.07, 6.45) is 0. The number of rotatable bonds is 6. The van der Waals surface area contributed by atoms with Crippen LogP contribution in [0.2, 0.25) is 0 Å². The third-order valence-corrected chi connectivity index (χ3v) is 2.09. The molecule has 0 saturated heterocycles. The first kappa shape index (κ1) is 13.4. The van der Waals surface area contributed by atoms with Crippen LogP contribution in [-0.4, -0.2) is 37.6 Å². The first-order chi connectivity index (χ1) is 6.49. The minimum atomic E-state index is -0.0290. The largest absolute Gasteiger partial charge is 0.380 e. The zero-order valence-corrected chi connectivity index (χ0v) is 10.0. The van der Waals surface area contributed by atoms with E-state index in [9.17, 15) is 4.79 Å². The monoisotopic (exact) mass is 201 g/mol. The van der Waals surface area contributed by atoms with Crippen LogP contribution < -0.4 is 0 Å². The molecule has 0 bridgehead atoms. The van der Waals surface area contributed by atoms with Crippen LogP contribution in [0.15, 0.2) is 0 Å². The third-order valence-electron chi connectivity index (χ3n) is 2.09. The lowest BCUT2D eigenvalue weighted by atomic mass is 10.1. The molecule has 1 unspecified atom stereocenters. The van der Waals surface area contributed by atoms with Crippen LogP contribution in [0.3, 0.4) is 0 Å². The van der Waals surface area contributed by atoms with Crippen molar-refractivity contribution in [1.82, 2.24) is 4.90 Å². The molecule has 0 aliphatic heterocycles. The molecule has 0 rings (SSSR count). The average molecular weight is 201 g/mol. The van der Waals surface area contributed by atoms with Gasteiger partial charge in [-0.05, 0) is 12.8 Å². The zero-order chi connectivity index (χ0) is 11.1. The number of amides is 1. The average Bonchev–Trinajstić information content (AvgIpc) is 2.14. The molecule has 0 aliphatic carbocycles. The molecule has 1 atom stereocenters. The van der Waals surface area contributed by atoms with E-state index < -0.39 is 0 Å². The highest BCUT2D eigenvalue weighted by Crippen LogP contribution is 2.03. The quantitative estimate of drug-likeness (QED) is 0.655. The van der Waals surface area contributed by atoms with Gasteiger partial charge in [-0.1, -0.05) is 20.8 Å². The second-order valence-electron chi connectivity index (χ2n) is 4.18. The van der Waals surface area contributed by atoms with Gasteiger partial charge in [0.2, 0.25) is 5.91 Å². The third kappa shape index (κ3) is 5.22. The number of ether oxygens (including phenoxy) is 1. The molecule has 0 fully saturated rings. The van der Waals surface area contributed by atoms with Crippen molar-refractivity contribution in [2.45, 2.75) is 27.7 Å². The Balaban J connectivity index is 3.73. The molecule has 0 aromatic rings. The Morgan fingerprint density at radius 1 is 1.29 bits per heavy atom. The summed E-state index contributed by atoms with van der Waals surface area (Å²) in [7, 11) is 1.82. The van der Waals surface area contributed by atoms with Gasteiger partial charge in [-0.2, -0.15) is 0 Å². The minimum absolute atomic E-state index is 0.0290. The van der Waals surface area contributed by atoms with Crippen LogP contribution in [0.5, 0.6) is 0 Å². The van der Waals surface area contributed by atoms with Gasteiger partial charge in [0.1, 0.15) is 0 Å². The fourth-order valence-electron chi connectivity index (χ4n) is 1.08. The molecule has 0 spiro atoms. The summed E-state index contributed by atoms with van der Waals surface area (Å²) in [5.74, 6) is 0.663. The van der Waals surface area contributed by atoms with Crippen molar-refractivity contribution in [2.24, 2.45) is 11.8 Å². The Hall–Kier alpha value is -0.570. The summed E-state index contributed by atoms with van der Waals surface area (Å²) in [5, 5.41) is 0. The topological polar surface area (TPSA) is 29.5 Å². The number of hydrogen-bond acceptors (Lipinski definition) is 2. The standard InChI is InChI=1S/C11H23NO2/c1-6-12(5)11(13)10(4)8-14-7-9(2)3/h9-10H,6-8H2,1-5H3. The van der Waals surface area contributed by atoms with Crippen LogP contribution in [0.25, 0.3) is 0 Å². The van der Waals surface area contributed by atoms with Crippen LogP contribution >= 0.6 is 0 Å². The maximum atomic E-state index is 11.6. The Kier molecular flexibility index (Phi) is 6.54. The lowest BCUT2D eigenvalue weighted by Crippen LogP contribution is -2.33. The first-order valence-corrected chi connectivity index (χ1v) is 5.31. The van der Waals surface area contributed by atoms with Crippen molar-refractivity contribution < 1.29 is 9.53 Å². The van der Waals surface area contributed by atoms with Gasteiger partial charge in [0.05, 0.1) is 12.5 Å². The van der Waals surface area contributed by atoms with Crippen LogP contribution in [0.1, 0.15) is 27.7 Å². The smallest absolute Gasteiger partial charge is 0.227 e. The van der Waals surface area contributed by atoms with Gasteiger partial charge in [-0.15, -0.1) is 0 Å². The molecule has 0 aromatic carbocycles. The highest BCUT2D eigenvalue weighted by atomic mass is 16.5. The van der Waals surface area contributed by atoms with E-state index in [4.69, 9.17) is 4.74 Å².